The van der Waals surface area contributed by atoms with E-state index in [1.807, 2.05) is 0 Å². The molecule has 2 rings (SSSR count). The molecule has 0 saturated heterocycles. The molecule has 140 valence electrons. The maximum absolute atomic E-state index is 13.4. The largest absolute Gasteiger partial charge is 0.459 e. The van der Waals surface area contributed by atoms with Crippen molar-refractivity contribution in [1.29, 1.82) is 0 Å². The Morgan fingerprint density at radius 3 is 2.58 bits per heavy atom. The molecule has 1 aromatic heterocycles. The number of nitrogens with zero attached hydrogens (tertiary/aromatic N) is 2. The summed E-state index contributed by atoms with van der Waals surface area (Å²) in [5.74, 6) is -0.758. The van der Waals surface area contributed by atoms with Crippen LogP contribution < -0.4 is 0 Å². The van der Waals surface area contributed by atoms with Crippen LogP contribution in [0.15, 0.2) is 36.4 Å². The maximum atomic E-state index is 13.4. The minimum atomic E-state index is -0.608. The molecular weight excluding hydrogens is 359 g/mol. The van der Waals surface area contributed by atoms with Gasteiger partial charge < -0.3 is 4.74 Å². The molecule has 8 heteroatoms. The van der Waals surface area contributed by atoms with Gasteiger partial charge in [-0.05, 0) is 44.5 Å². The molecule has 1 heterocycles. The lowest BCUT2D eigenvalue weighted by molar-refractivity contribution is -0.380. The number of carbonyl (C=O) groups is 1. The van der Waals surface area contributed by atoms with Crippen LogP contribution >= 0.6 is 11.3 Å². The first kappa shape index (κ1) is 20.0. The normalized spacial score (nSPS) is 11.6. The molecule has 0 aliphatic carbocycles. The van der Waals surface area contributed by atoms with Crippen LogP contribution in [0.5, 0.6) is 0 Å². The molecule has 0 saturated carbocycles. The fraction of sp³-hybridized carbons (Fsp3) is 0.389. The molecule has 0 aliphatic rings. The molecule has 26 heavy (non-hydrogen) atoms. The summed E-state index contributed by atoms with van der Waals surface area (Å²) in [6.45, 7) is 6.00. The average Bonchev–Trinajstić information content (AvgIpc) is 2.93. The average molecular weight is 380 g/mol. The summed E-state index contributed by atoms with van der Waals surface area (Å²) in [5.41, 5.74) is 0.100. The number of esters is 1. The zero-order valence-electron chi connectivity index (χ0n) is 14.9. The second-order valence-corrected chi connectivity index (χ2v) is 8.01. The fourth-order valence-corrected chi connectivity index (χ4v) is 3.25. The molecule has 6 nitrogen and oxygen atoms in total. The highest BCUT2D eigenvalue weighted by atomic mass is 32.1. The lowest BCUT2D eigenvalue weighted by Crippen LogP contribution is -2.34. The zero-order valence-corrected chi connectivity index (χ0v) is 15.7. The summed E-state index contributed by atoms with van der Waals surface area (Å²) in [6.07, 6.45) is 0. The molecule has 0 fully saturated rings. The first-order valence-corrected chi connectivity index (χ1v) is 8.86. The van der Waals surface area contributed by atoms with Crippen molar-refractivity contribution in [1.82, 2.24) is 4.90 Å². The number of thiophene rings is 1. The second kappa shape index (κ2) is 8.37. The summed E-state index contributed by atoms with van der Waals surface area (Å²) in [6, 6.07) is 9.22. The molecule has 0 N–H and O–H groups in total. The van der Waals surface area contributed by atoms with Gasteiger partial charge in [-0.3, -0.25) is 19.8 Å². The van der Waals surface area contributed by atoms with Gasteiger partial charge in [0, 0.05) is 24.0 Å². The maximum Gasteiger partial charge on any atom is 0.324 e. The fourth-order valence-electron chi connectivity index (χ4n) is 2.39. The van der Waals surface area contributed by atoms with Crippen LogP contribution in [0.2, 0.25) is 0 Å². The van der Waals surface area contributed by atoms with Crippen molar-refractivity contribution < 1.29 is 18.8 Å². The van der Waals surface area contributed by atoms with E-state index in [1.54, 1.807) is 43.9 Å². The molecule has 0 spiro atoms. The van der Waals surface area contributed by atoms with Gasteiger partial charge in [-0.15, -0.1) is 0 Å². The van der Waals surface area contributed by atoms with E-state index in [1.165, 1.54) is 18.2 Å². The van der Waals surface area contributed by atoms with Crippen molar-refractivity contribution >= 4 is 22.3 Å². The van der Waals surface area contributed by atoms with Crippen LogP contribution in [0, 0.1) is 15.9 Å². The summed E-state index contributed by atoms with van der Waals surface area (Å²) in [4.78, 5) is 25.1. The van der Waals surface area contributed by atoms with E-state index in [9.17, 15) is 19.3 Å². The van der Waals surface area contributed by atoms with E-state index in [2.05, 4.69) is 0 Å². The van der Waals surface area contributed by atoms with Crippen LogP contribution in [0.3, 0.4) is 0 Å². The van der Waals surface area contributed by atoms with Crippen molar-refractivity contribution in [3.8, 4) is 0 Å². The number of halogens is 1. The first-order valence-electron chi connectivity index (χ1n) is 8.04. The number of carbonyl (C=O) groups excluding carboxylic acids is 1. The predicted octanol–water partition coefficient (Wildman–Crippen LogP) is 4.14. The Bertz CT molecular complexity index is 785. The van der Waals surface area contributed by atoms with Crippen LogP contribution in [0.25, 0.3) is 0 Å². The minimum Gasteiger partial charge on any atom is -0.459 e. The Labute approximate surface area is 155 Å². The van der Waals surface area contributed by atoms with Crippen LogP contribution in [0.1, 0.15) is 31.2 Å². The van der Waals surface area contributed by atoms with Gasteiger partial charge >= 0.3 is 11.0 Å². The lowest BCUT2D eigenvalue weighted by atomic mass is 10.2. The van der Waals surface area contributed by atoms with Crippen molar-refractivity contribution in [3.63, 3.8) is 0 Å². The first-order chi connectivity index (χ1) is 12.1. The molecule has 0 bridgehead atoms. The van der Waals surface area contributed by atoms with Gasteiger partial charge in [0.1, 0.15) is 11.4 Å². The van der Waals surface area contributed by atoms with Gasteiger partial charge in [0.25, 0.3) is 0 Å². The highest BCUT2D eigenvalue weighted by Crippen LogP contribution is 2.25. The third kappa shape index (κ3) is 6.53. The van der Waals surface area contributed by atoms with Gasteiger partial charge in [0.15, 0.2) is 0 Å². The molecule has 2 aromatic rings. The van der Waals surface area contributed by atoms with Crippen molar-refractivity contribution in [2.24, 2.45) is 0 Å². The summed E-state index contributed by atoms with van der Waals surface area (Å²) in [5, 5.41) is 10.9. The molecule has 0 unspecified atom stereocenters. The van der Waals surface area contributed by atoms with Crippen LogP contribution in [0.4, 0.5) is 9.39 Å². The van der Waals surface area contributed by atoms with Crippen LogP contribution in [-0.4, -0.2) is 27.9 Å². The third-order valence-corrected chi connectivity index (χ3v) is 4.30. The minimum absolute atomic E-state index is 0.000515. The molecule has 0 atom stereocenters. The predicted molar refractivity (Wildman–Crippen MR) is 97.3 cm³/mol. The summed E-state index contributed by atoms with van der Waals surface area (Å²) >= 11 is 1.06. The van der Waals surface area contributed by atoms with Crippen molar-refractivity contribution in [2.45, 2.75) is 39.5 Å². The Balaban J connectivity index is 2.14. The molecule has 0 radical (unpaired) electrons. The molecule has 0 amide bonds. The van der Waals surface area contributed by atoms with Gasteiger partial charge in [0.05, 0.1) is 11.5 Å². The number of hydrogen-bond donors (Lipinski definition) is 0. The lowest BCUT2D eigenvalue weighted by Gasteiger charge is -2.24. The topological polar surface area (TPSA) is 72.7 Å². The Hall–Kier alpha value is -2.32. The standard InChI is InChI=1S/C18H21FN2O4S/c1-18(2,3)25-17(22)12-20(10-13-5-4-6-14(19)9-13)11-15-7-8-16(26-15)21(23)24/h4-9H,10-12H2,1-3H3. The Kier molecular flexibility index (Phi) is 6.44. The van der Waals surface area contributed by atoms with Crippen LogP contribution in [-0.2, 0) is 22.6 Å². The number of hydrogen-bond acceptors (Lipinski definition) is 6. The highest BCUT2D eigenvalue weighted by molar-refractivity contribution is 7.15. The van der Waals surface area contributed by atoms with Crippen molar-refractivity contribution in [2.75, 3.05) is 6.54 Å². The van der Waals surface area contributed by atoms with Gasteiger partial charge in [-0.25, -0.2) is 4.39 Å². The number of rotatable bonds is 7. The molecule has 1 aromatic carbocycles. The SMILES string of the molecule is CC(C)(C)OC(=O)CN(Cc1cccc(F)c1)Cc1ccc([N+](=O)[O-])s1. The quantitative estimate of drug-likeness (QED) is 0.410. The number of nitro groups is 1. The van der Waals surface area contributed by atoms with Gasteiger partial charge in [0.2, 0.25) is 0 Å². The zero-order chi connectivity index (χ0) is 19.3. The van der Waals surface area contributed by atoms with E-state index >= 15 is 0 Å². The summed E-state index contributed by atoms with van der Waals surface area (Å²) < 4.78 is 18.8. The van der Waals surface area contributed by atoms with E-state index in [4.69, 9.17) is 4.74 Å². The Morgan fingerprint density at radius 1 is 1.27 bits per heavy atom. The second-order valence-electron chi connectivity index (χ2n) is 6.86. The van der Waals surface area contributed by atoms with E-state index in [-0.39, 0.29) is 17.4 Å². The third-order valence-electron chi connectivity index (χ3n) is 3.27. The van der Waals surface area contributed by atoms with Crippen molar-refractivity contribution in [3.05, 3.63) is 62.8 Å². The number of ether oxygens (including phenoxy) is 1. The highest BCUT2D eigenvalue weighted by Gasteiger charge is 2.21. The monoisotopic (exact) mass is 380 g/mol. The van der Waals surface area contributed by atoms with Gasteiger partial charge in [-0.1, -0.05) is 23.5 Å². The summed E-state index contributed by atoms with van der Waals surface area (Å²) in [7, 11) is 0. The Morgan fingerprint density at radius 2 is 2.00 bits per heavy atom. The van der Waals surface area contributed by atoms with E-state index < -0.39 is 16.5 Å². The molecular formula is C18H21FN2O4S. The molecule has 0 aliphatic heterocycles. The number of benzene rings is 1. The van der Waals surface area contributed by atoms with E-state index in [0.717, 1.165) is 16.2 Å². The van der Waals surface area contributed by atoms with E-state index in [0.29, 0.717) is 18.7 Å². The van der Waals surface area contributed by atoms with Gasteiger partial charge in [-0.2, -0.15) is 0 Å². The smallest absolute Gasteiger partial charge is 0.324 e.